The van der Waals surface area contributed by atoms with Gasteiger partial charge in [0.1, 0.15) is 0 Å². The molecule has 0 saturated heterocycles. The van der Waals surface area contributed by atoms with Gasteiger partial charge in [-0.05, 0) is 24.6 Å². The Morgan fingerprint density at radius 2 is 1.85 bits per heavy atom. The summed E-state index contributed by atoms with van der Waals surface area (Å²) in [6, 6.07) is 8.59. The van der Waals surface area contributed by atoms with Crippen molar-refractivity contribution >= 4 is 17.0 Å². The maximum absolute atomic E-state index is 5.65. The molecule has 0 spiro atoms. The third-order valence-corrected chi connectivity index (χ3v) is 4.65. The van der Waals surface area contributed by atoms with Crippen LogP contribution in [0.1, 0.15) is 29.7 Å². The standard InChI is InChI=1S/C16H23N3S/c1-11(2)16-15(18-14(20-16)9-10-17)12-5-7-13(8-6-12)19(3)4/h5-8,11H,9-10,17H2,1-4H3. The van der Waals surface area contributed by atoms with E-state index in [0.717, 1.165) is 17.1 Å². The molecule has 0 atom stereocenters. The van der Waals surface area contributed by atoms with Crippen molar-refractivity contribution in [1.29, 1.82) is 0 Å². The highest BCUT2D eigenvalue weighted by molar-refractivity contribution is 7.12. The molecule has 2 aromatic rings. The molecule has 0 unspecified atom stereocenters. The minimum Gasteiger partial charge on any atom is -0.378 e. The Bertz CT molecular complexity index is 556. The van der Waals surface area contributed by atoms with Crippen LogP contribution in [0.15, 0.2) is 24.3 Å². The first-order valence-corrected chi connectivity index (χ1v) is 7.82. The molecule has 0 saturated carbocycles. The predicted octanol–water partition coefficient (Wildman–Crippen LogP) is 3.50. The lowest BCUT2D eigenvalue weighted by molar-refractivity contribution is 0.887. The average molecular weight is 289 g/mol. The fourth-order valence-electron chi connectivity index (χ4n) is 2.12. The van der Waals surface area contributed by atoms with Gasteiger partial charge in [-0.25, -0.2) is 4.98 Å². The molecular weight excluding hydrogens is 266 g/mol. The van der Waals surface area contributed by atoms with Gasteiger partial charge in [-0.15, -0.1) is 11.3 Å². The van der Waals surface area contributed by atoms with Gasteiger partial charge in [0.05, 0.1) is 10.7 Å². The molecule has 4 heteroatoms. The summed E-state index contributed by atoms with van der Waals surface area (Å²) in [7, 11) is 4.10. The third kappa shape index (κ3) is 3.19. The summed E-state index contributed by atoms with van der Waals surface area (Å²) >= 11 is 1.80. The number of nitrogens with two attached hydrogens (primary N) is 1. The molecule has 1 aromatic carbocycles. The molecule has 1 heterocycles. The Balaban J connectivity index is 2.39. The summed E-state index contributed by atoms with van der Waals surface area (Å²) in [6.07, 6.45) is 0.861. The van der Waals surface area contributed by atoms with E-state index in [4.69, 9.17) is 10.7 Å². The maximum Gasteiger partial charge on any atom is 0.0948 e. The molecule has 2 N–H and O–H groups in total. The number of anilines is 1. The minimum atomic E-state index is 0.488. The van der Waals surface area contributed by atoms with Crippen LogP contribution in [0, 0.1) is 0 Å². The van der Waals surface area contributed by atoms with Crippen LogP contribution in [0.5, 0.6) is 0 Å². The number of rotatable bonds is 5. The lowest BCUT2D eigenvalue weighted by Gasteiger charge is -2.13. The lowest BCUT2D eigenvalue weighted by Crippen LogP contribution is -2.08. The fourth-order valence-corrected chi connectivity index (χ4v) is 3.23. The number of thiazole rings is 1. The molecule has 0 amide bonds. The molecule has 0 radical (unpaired) electrons. The predicted molar refractivity (Wildman–Crippen MR) is 88.7 cm³/mol. The highest BCUT2D eigenvalue weighted by Crippen LogP contribution is 2.34. The van der Waals surface area contributed by atoms with Gasteiger partial charge < -0.3 is 10.6 Å². The molecule has 0 bridgehead atoms. The largest absolute Gasteiger partial charge is 0.378 e. The highest BCUT2D eigenvalue weighted by atomic mass is 32.1. The van der Waals surface area contributed by atoms with Crippen LogP contribution in [-0.2, 0) is 6.42 Å². The van der Waals surface area contributed by atoms with Gasteiger partial charge in [-0.3, -0.25) is 0 Å². The van der Waals surface area contributed by atoms with Crippen LogP contribution in [0.2, 0.25) is 0 Å². The molecule has 0 fully saturated rings. The zero-order valence-electron chi connectivity index (χ0n) is 12.7. The second-order valence-electron chi connectivity index (χ2n) is 5.46. The van der Waals surface area contributed by atoms with Gasteiger partial charge >= 0.3 is 0 Å². The van der Waals surface area contributed by atoms with Crippen molar-refractivity contribution in [3.05, 3.63) is 34.2 Å². The van der Waals surface area contributed by atoms with Crippen molar-refractivity contribution in [1.82, 2.24) is 4.98 Å². The van der Waals surface area contributed by atoms with Gasteiger partial charge in [0.15, 0.2) is 0 Å². The Kier molecular flexibility index (Phi) is 4.78. The maximum atomic E-state index is 5.65. The van der Waals surface area contributed by atoms with Crippen LogP contribution in [0.25, 0.3) is 11.3 Å². The average Bonchev–Trinajstić information content (AvgIpc) is 2.83. The number of hydrogen-bond donors (Lipinski definition) is 1. The van der Waals surface area contributed by atoms with Crippen molar-refractivity contribution in [2.45, 2.75) is 26.2 Å². The van der Waals surface area contributed by atoms with Crippen LogP contribution in [0.4, 0.5) is 5.69 Å². The number of aromatic nitrogens is 1. The molecule has 20 heavy (non-hydrogen) atoms. The Hall–Kier alpha value is -1.39. The Labute approximate surface area is 125 Å². The zero-order valence-corrected chi connectivity index (χ0v) is 13.5. The van der Waals surface area contributed by atoms with Crippen LogP contribution in [-0.4, -0.2) is 25.6 Å². The summed E-state index contributed by atoms with van der Waals surface area (Å²) < 4.78 is 0. The first kappa shape index (κ1) is 15.0. The molecule has 108 valence electrons. The van der Waals surface area contributed by atoms with E-state index in [1.165, 1.54) is 16.1 Å². The number of nitrogens with zero attached hydrogens (tertiary/aromatic N) is 2. The van der Waals surface area contributed by atoms with E-state index >= 15 is 0 Å². The van der Waals surface area contributed by atoms with E-state index in [9.17, 15) is 0 Å². The van der Waals surface area contributed by atoms with E-state index < -0.39 is 0 Å². The number of benzene rings is 1. The topological polar surface area (TPSA) is 42.1 Å². The van der Waals surface area contributed by atoms with Crippen LogP contribution in [0.3, 0.4) is 0 Å². The van der Waals surface area contributed by atoms with Gasteiger partial charge in [-0.2, -0.15) is 0 Å². The summed E-state index contributed by atoms with van der Waals surface area (Å²) in [5, 5.41) is 1.14. The van der Waals surface area contributed by atoms with E-state index in [-0.39, 0.29) is 0 Å². The summed E-state index contributed by atoms with van der Waals surface area (Å²) in [5.41, 5.74) is 9.17. The molecule has 3 nitrogen and oxygen atoms in total. The highest BCUT2D eigenvalue weighted by Gasteiger charge is 2.15. The van der Waals surface area contributed by atoms with Gasteiger partial charge in [-0.1, -0.05) is 26.0 Å². The molecule has 0 aliphatic rings. The molecule has 2 rings (SSSR count). The molecular formula is C16H23N3S. The fraction of sp³-hybridized carbons (Fsp3) is 0.438. The van der Waals surface area contributed by atoms with Crippen molar-refractivity contribution in [3.63, 3.8) is 0 Å². The van der Waals surface area contributed by atoms with Gasteiger partial charge in [0, 0.05) is 36.6 Å². The third-order valence-electron chi connectivity index (χ3n) is 3.24. The second kappa shape index (κ2) is 6.37. The Morgan fingerprint density at radius 1 is 1.20 bits per heavy atom. The summed E-state index contributed by atoms with van der Waals surface area (Å²) in [6.45, 7) is 5.10. The van der Waals surface area contributed by atoms with E-state index in [2.05, 4.69) is 57.1 Å². The Morgan fingerprint density at radius 3 is 2.35 bits per heavy atom. The summed E-state index contributed by atoms with van der Waals surface area (Å²) in [5.74, 6) is 0.488. The van der Waals surface area contributed by atoms with Gasteiger partial charge in [0.25, 0.3) is 0 Å². The van der Waals surface area contributed by atoms with E-state index in [1.54, 1.807) is 11.3 Å². The van der Waals surface area contributed by atoms with Crippen molar-refractivity contribution in [2.24, 2.45) is 5.73 Å². The lowest BCUT2D eigenvalue weighted by atomic mass is 10.1. The SMILES string of the molecule is CC(C)c1sc(CCN)nc1-c1ccc(N(C)C)cc1. The minimum absolute atomic E-state index is 0.488. The van der Waals surface area contributed by atoms with E-state index in [0.29, 0.717) is 12.5 Å². The van der Waals surface area contributed by atoms with Crippen molar-refractivity contribution in [3.8, 4) is 11.3 Å². The van der Waals surface area contributed by atoms with Crippen LogP contribution >= 0.6 is 11.3 Å². The number of hydrogen-bond acceptors (Lipinski definition) is 4. The summed E-state index contributed by atoms with van der Waals surface area (Å²) in [4.78, 5) is 8.25. The normalized spacial score (nSPS) is 11.1. The zero-order chi connectivity index (χ0) is 14.7. The first-order valence-electron chi connectivity index (χ1n) is 7.00. The second-order valence-corrected chi connectivity index (χ2v) is 6.57. The monoisotopic (exact) mass is 289 g/mol. The van der Waals surface area contributed by atoms with E-state index in [1.807, 2.05) is 0 Å². The first-order chi connectivity index (χ1) is 9.52. The van der Waals surface area contributed by atoms with Crippen LogP contribution < -0.4 is 10.6 Å². The molecule has 0 aliphatic carbocycles. The molecule has 0 aliphatic heterocycles. The van der Waals surface area contributed by atoms with Crippen molar-refractivity contribution < 1.29 is 0 Å². The smallest absolute Gasteiger partial charge is 0.0948 e. The molecule has 1 aromatic heterocycles. The van der Waals surface area contributed by atoms with Crippen molar-refractivity contribution in [2.75, 3.05) is 25.5 Å². The quantitative estimate of drug-likeness (QED) is 0.916. The van der Waals surface area contributed by atoms with Gasteiger partial charge in [0.2, 0.25) is 0 Å².